The number of aromatic nitrogens is 3. The topological polar surface area (TPSA) is 30.2 Å². The molecule has 0 bridgehead atoms. The van der Waals surface area contributed by atoms with Gasteiger partial charge in [0.25, 0.3) is 0 Å². The molecule has 0 aliphatic heterocycles. The van der Waals surface area contributed by atoms with Gasteiger partial charge in [-0.3, -0.25) is 4.40 Å². The molecule has 2 heterocycles. The molecule has 0 aliphatic rings. The summed E-state index contributed by atoms with van der Waals surface area (Å²) in [6, 6.07) is 52.0. The van der Waals surface area contributed by atoms with Crippen molar-refractivity contribution in [3.63, 3.8) is 0 Å². The molecule has 44 heavy (non-hydrogen) atoms. The van der Waals surface area contributed by atoms with Crippen molar-refractivity contribution < 1.29 is 0 Å². The largest absolute Gasteiger partial charge is 0.276 e. The van der Waals surface area contributed by atoms with E-state index in [-0.39, 0.29) is 0 Å². The first-order valence-electron chi connectivity index (χ1n) is 15.0. The van der Waals surface area contributed by atoms with Crippen LogP contribution in [0.15, 0.2) is 146 Å². The zero-order valence-electron chi connectivity index (χ0n) is 24.2. The molecular weight excluding hydrogens is 534 g/mol. The van der Waals surface area contributed by atoms with Gasteiger partial charge in [-0.15, -0.1) is 0 Å². The maximum absolute atomic E-state index is 5.17. The zero-order chi connectivity index (χ0) is 29.2. The van der Waals surface area contributed by atoms with E-state index >= 15 is 0 Å². The monoisotopic (exact) mass is 561 g/mol. The highest BCUT2D eigenvalue weighted by atomic mass is 15.1. The van der Waals surface area contributed by atoms with Crippen LogP contribution >= 0.6 is 0 Å². The number of hydrogen-bond donors (Lipinski definition) is 0. The molecule has 0 aliphatic carbocycles. The smallest absolute Gasteiger partial charge is 0.149 e. The fourth-order valence-corrected chi connectivity index (χ4v) is 6.80. The van der Waals surface area contributed by atoms with E-state index in [0.29, 0.717) is 0 Å². The first-order valence-corrected chi connectivity index (χ1v) is 15.0. The first-order chi connectivity index (χ1) is 21.7. The number of fused-ring (bicyclic) bond motifs is 7. The summed E-state index contributed by atoms with van der Waals surface area (Å²) in [6.45, 7) is 2.14. The maximum atomic E-state index is 5.17. The fraction of sp³-hybridized carbons (Fsp3) is 0.0244. The number of para-hydroxylation sites is 3. The molecular formula is C41H27N3. The van der Waals surface area contributed by atoms with Crippen LogP contribution in [0.1, 0.15) is 5.56 Å². The van der Waals surface area contributed by atoms with Crippen LogP contribution < -0.4 is 0 Å². The van der Waals surface area contributed by atoms with Crippen LogP contribution in [0.25, 0.3) is 82.8 Å². The van der Waals surface area contributed by atoms with Crippen LogP contribution in [0.4, 0.5) is 0 Å². The Hall–Kier alpha value is -5.80. The summed E-state index contributed by atoms with van der Waals surface area (Å²) in [4.78, 5) is 10.2. The van der Waals surface area contributed by atoms with E-state index in [1.807, 2.05) is 12.1 Å². The van der Waals surface area contributed by atoms with Gasteiger partial charge in [0.1, 0.15) is 11.5 Å². The highest BCUT2D eigenvalue weighted by molar-refractivity contribution is 6.21. The van der Waals surface area contributed by atoms with Gasteiger partial charge >= 0.3 is 0 Å². The second-order valence-corrected chi connectivity index (χ2v) is 11.5. The molecule has 0 fully saturated rings. The highest BCUT2D eigenvalue weighted by Crippen LogP contribution is 2.44. The highest BCUT2D eigenvalue weighted by Gasteiger charge is 2.18. The molecule has 0 amide bonds. The second-order valence-electron chi connectivity index (χ2n) is 11.5. The van der Waals surface area contributed by atoms with Gasteiger partial charge in [-0.1, -0.05) is 127 Å². The minimum Gasteiger partial charge on any atom is -0.276 e. The zero-order valence-corrected chi connectivity index (χ0v) is 24.2. The lowest BCUT2D eigenvalue weighted by Gasteiger charge is -2.18. The predicted molar refractivity (Wildman–Crippen MR) is 184 cm³/mol. The van der Waals surface area contributed by atoms with Crippen LogP contribution in [-0.4, -0.2) is 14.4 Å². The molecule has 0 spiro atoms. The molecule has 0 N–H and O–H groups in total. The number of benzene rings is 7. The molecule has 206 valence electrons. The minimum absolute atomic E-state index is 0.892. The van der Waals surface area contributed by atoms with Crippen molar-refractivity contribution in [1.29, 1.82) is 0 Å². The van der Waals surface area contributed by atoms with Gasteiger partial charge in [0.15, 0.2) is 0 Å². The van der Waals surface area contributed by atoms with Gasteiger partial charge in [-0.2, -0.15) is 0 Å². The van der Waals surface area contributed by atoms with Crippen molar-refractivity contribution in [3.8, 4) is 33.6 Å². The van der Waals surface area contributed by atoms with E-state index in [0.717, 1.165) is 39.0 Å². The van der Waals surface area contributed by atoms with Crippen LogP contribution in [0.5, 0.6) is 0 Å². The Labute approximate surface area is 254 Å². The summed E-state index contributed by atoms with van der Waals surface area (Å²) in [5, 5.41) is 6.08. The molecule has 2 aromatic heterocycles. The molecule has 3 heteroatoms. The SMILES string of the molecule is Cc1ccc(-c2c3ccccc3c(-c3ccc(-c4nc5ccccc5c5nc6ccccc6n45)cc3)c3ccccc23)cc1. The molecule has 3 nitrogen and oxygen atoms in total. The Kier molecular flexibility index (Phi) is 5.41. The van der Waals surface area contributed by atoms with Gasteiger partial charge in [0.05, 0.1) is 16.6 Å². The van der Waals surface area contributed by atoms with Crippen LogP contribution in [0, 0.1) is 6.92 Å². The number of rotatable bonds is 3. The Morgan fingerprint density at radius 1 is 0.409 bits per heavy atom. The second kappa shape index (κ2) is 9.62. The van der Waals surface area contributed by atoms with E-state index in [4.69, 9.17) is 9.97 Å². The lowest BCUT2D eigenvalue weighted by Crippen LogP contribution is -1.98. The van der Waals surface area contributed by atoms with Crippen LogP contribution in [0.2, 0.25) is 0 Å². The van der Waals surface area contributed by atoms with Crippen molar-refractivity contribution in [2.45, 2.75) is 6.92 Å². The van der Waals surface area contributed by atoms with Gasteiger partial charge in [0.2, 0.25) is 0 Å². The lowest BCUT2D eigenvalue weighted by molar-refractivity contribution is 1.16. The molecule has 0 atom stereocenters. The van der Waals surface area contributed by atoms with Gasteiger partial charge in [-0.25, -0.2) is 9.97 Å². The van der Waals surface area contributed by atoms with Crippen molar-refractivity contribution in [2.24, 2.45) is 0 Å². The van der Waals surface area contributed by atoms with Crippen molar-refractivity contribution in [2.75, 3.05) is 0 Å². The maximum Gasteiger partial charge on any atom is 0.149 e. The Morgan fingerprint density at radius 2 is 0.864 bits per heavy atom. The van der Waals surface area contributed by atoms with Crippen LogP contribution in [-0.2, 0) is 0 Å². The molecule has 0 saturated heterocycles. The Bertz CT molecular complexity index is 2480. The molecule has 7 aromatic carbocycles. The Balaban J connectivity index is 1.28. The van der Waals surface area contributed by atoms with Gasteiger partial charge in [-0.05, 0) is 75.0 Å². The summed E-state index contributed by atoms with van der Waals surface area (Å²) in [6.07, 6.45) is 0. The summed E-state index contributed by atoms with van der Waals surface area (Å²) >= 11 is 0. The predicted octanol–water partition coefficient (Wildman–Crippen LogP) is 10.7. The molecule has 0 radical (unpaired) electrons. The lowest BCUT2D eigenvalue weighted by atomic mass is 9.86. The minimum atomic E-state index is 0.892. The summed E-state index contributed by atoms with van der Waals surface area (Å²) in [5.41, 5.74) is 11.2. The van der Waals surface area contributed by atoms with Gasteiger partial charge in [0, 0.05) is 10.9 Å². The third-order valence-electron chi connectivity index (χ3n) is 8.85. The van der Waals surface area contributed by atoms with Crippen molar-refractivity contribution >= 4 is 49.1 Å². The number of nitrogens with zero attached hydrogens (tertiary/aromatic N) is 3. The third kappa shape index (κ3) is 3.69. The normalized spacial score (nSPS) is 11.8. The standard InChI is InChI=1S/C41H27N3/c1-26-18-20-27(21-19-26)38-30-10-2-4-12-32(30)39(33-13-5-3-11-31(33)38)28-22-24-29(25-23-28)40-42-35-15-7-6-14-34(35)41-43-36-16-8-9-17-37(36)44(40)41/h2-25H,1H3. The van der Waals surface area contributed by atoms with E-state index < -0.39 is 0 Å². The van der Waals surface area contributed by atoms with Crippen molar-refractivity contribution in [1.82, 2.24) is 14.4 Å². The molecule has 0 unspecified atom stereocenters. The van der Waals surface area contributed by atoms with E-state index in [1.165, 1.54) is 49.4 Å². The third-order valence-corrected chi connectivity index (χ3v) is 8.85. The van der Waals surface area contributed by atoms with E-state index in [9.17, 15) is 0 Å². The summed E-state index contributed by atoms with van der Waals surface area (Å²) in [5.74, 6) is 0.892. The number of imidazole rings is 1. The average Bonchev–Trinajstić information content (AvgIpc) is 3.48. The fourth-order valence-electron chi connectivity index (χ4n) is 6.80. The molecule has 0 saturated carbocycles. The molecule has 9 rings (SSSR count). The van der Waals surface area contributed by atoms with Crippen molar-refractivity contribution in [3.05, 3.63) is 151 Å². The van der Waals surface area contributed by atoms with Gasteiger partial charge < -0.3 is 0 Å². The van der Waals surface area contributed by atoms with E-state index in [2.05, 4.69) is 145 Å². The van der Waals surface area contributed by atoms with E-state index in [1.54, 1.807) is 0 Å². The number of aryl methyl sites for hydroxylation is 1. The summed E-state index contributed by atoms with van der Waals surface area (Å²) in [7, 11) is 0. The average molecular weight is 562 g/mol. The summed E-state index contributed by atoms with van der Waals surface area (Å²) < 4.78 is 2.20. The first kappa shape index (κ1) is 24.8. The Morgan fingerprint density at radius 3 is 1.45 bits per heavy atom. The quantitative estimate of drug-likeness (QED) is 0.201. The molecule has 9 aromatic rings. The number of hydrogen-bond acceptors (Lipinski definition) is 2. The van der Waals surface area contributed by atoms with Crippen LogP contribution in [0.3, 0.4) is 0 Å².